The van der Waals surface area contributed by atoms with Crippen LogP contribution in [0.4, 0.5) is 13.2 Å². The molecule has 24 heavy (non-hydrogen) atoms. The van der Waals surface area contributed by atoms with Crippen LogP contribution in [-0.4, -0.2) is 13.1 Å². The summed E-state index contributed by atoms with van der Waals surface area (Å²) in [6.45, 7) is 3.72. The zero-order valence-corrected chi connectivity index (χ0v) is 13.3. The predicted molar refractivity (Wildman–Crippen MR) is 84.0 cm³/mol. The summed E-state index contributed by atoms with van der Waals surface area (Å²) in [5.74, 6) is 1.97. The minimum Gasteiger partial charge on any atom is -0.465 e. The quantitative estimate of drug-likeness (QED) is 0.783. The summed E-state index contributed by atoms with van der Waals surface area (Å²) < 4.78 is 43.8. The van der Waals surface area contributed by atoms with Crippen molar-refractivity contribution >= 4 is 0 Å². The largest absolute Gasteiger partial charge is 0.465 e. The Morgan fingerprint density at radius 2 is 2.08 bits per heavy atom. The lowest BCUT2D eigenvalue weighted by molar-refractivity contribution is -0.137. The molecule has 7 heteroatoms. The van der Waals surface area contributed by atoms with Crippen LogP contribution in [-0.2, 0) is 12.7 Å². The lowest BCUT2D eigenvalue weighted by Crippen LogP contribution is -2.28. The highest BCUT2D eigenvalue weighted by Gasteiger charge is 2.31. The van der Waals surface area contributed by atoms with E-state index in [1.54, 1.807) is 6.07 Å². The van der Waals surface area contributed by atoms with Crippen molar-refractivity contribution < 1.29 is 17.6 Å². The normalized spacial score (nSPS) is 21.3. The van der Waals surface area contributed by atoms with E-state index in [2.05, 4.69) is 16.2 Å². The highest BCUT2D eigenvalue weighted by atomic mass is 19.4. The monoisotopic (exact) mass is 339 g/mol. The molecule has 1 aromatic carbocycles. The average molecular weight is 339 g/mol. The summed E-state index contributed by atoms with van der Waals surface area (Å²) in [6.07, 6.45) is -4.31. The number of hydrogen-bond donors (Lipinski definition) is 3. The molecule has 1 aliphatic heterocycles. The first-order chi connectivity index (χ1) is 11.4. The molecule has 4 nitrogen and oxygen atoms in total. The molecule has 130 valence electrons. The van der Waals surface area contributed by atoms with Crippen molar-refractivity contribution in [1.82, 2.24) is 16.2 Å². The SMILES string of the molecule is Cc1ccc(C2NNCC2CNCc2cccc(C(F)(F)F)c2)o1. The van der Waals surface area contributed by atoms with E-state index in [4.69, 9.17) is 4.42 Å². The maximum absolute atomic E-state index is 12.7. The van der Waals surface area contributed by atoms with Crippen LogP contribution >= 0.6 is 0 Å². The van der Waals surface area contributed by atoms with Gasteiger partial charge in [0, 0.05) is 25.6 Å². The van der Waals surface area contributed by atoms with Gasteiger partial charge in [0.1, 0.15) is 11.5 Å². The Morgan fingerprint density at radius 1 is 1.25 bits per heavy atom. The van der Waals surface area contributed by atoms with Gasteiger partial charge in [-0.1, -0.05) is 18.2 Å². The fourth-order valence-electron chi connectivity index (χ4n) is 2.91. The third-order valence-electron chi connectivity index (χ3n) is 4.15. The zero-order chi connectivity index (χ0) is 17.2. The van der Waals surface area contributed by atoms with Crippen LogP contribution in [0.5, 0.6) is 0 Å². The van der Waals surface area contributed by atoms with Crippen LogP contribution in [0.25, 0.3) is 0 Å². The van der Waals surface area contributed by atoms with Gasteiger partial charge >= 0.3 is 6.18 Å². The van der Waals surface area contributed by atoms with E-state index >= 15 is 0 Å². The third-order valence-corrected chi connectivity index (χ3v) is 4.15. The number of benzene rings is 1. The first-order valence-electron chi connectivity index (χ1n) is 7.85. The molecular weight excluding hydrogens is 319 g/mol. The summed E-state index contributed by atoms with van der Waals surface area (Å²) >= 11 is 0. The van der Waals surface area contributed by atoms with E-state index in [-0.39, 0.29) is 12.0 Å². The molecule has 0 aliphatic carbocycles. The Bertz CT molecular complexity index is 684. The molecule has 3 N–H and O–H groups in total. The Balaban J connectivity index is 1.56. The summed E-state index contributed by atoms with van der Waals surface area (Å²) in [5, 5.41) is 3.24. The van der Waals surface area contributed by atoms with Gasteiger partial charge in [0.2, 0.25) is 0 Å². The first-order valence-corrected chi connectivity index (χ1v) is 7.85. The maximum Gasteiger partial charge on any atom is 0.416 e. The van der Waals surface area contributed by atoms with E-state index < -0.39 is 11.7 Å². The fourth-order valence-corrected chi connectivity index (χ4v) is 2.91. The number of hydrazine groups is 1. The van der Waals surface area contributed by atoms with Gasteiger partial charge in [0.15, 0.2) is 0 Å². The molecule has 0 bridgehead atoms. The van der Waals surface area contributed by atoms with Crippen molar-refractivity contribution in [3.8, 4) is 0 Å². The van der Waals surface area contributed by atoms with Crippen LogP contribution in [0.3, 0.4) is 0 Å². The summed E-state index contributed by atoms with van der Waals surface area (Å²) in [5.41, 5.74) is 6.29. The average Bonchev–Trinajstić information content (AvgIpc) is 3.15. The molecule has 2 atom stereocenters. The molecule has 3 rings (SSSR count). The van der Waals surface area contributed by atoms with Crippen molar-refractivity contribution in [2.75, 3.05) is 13.1 Å². The molecule has 1 aliphatic rings. The van der Waals surface area contributed by atoms with Crippen molar-refractivity contribution in [3.63, 3.8) is 0 Å². The molecule has 2 unspecified atom stereocenters. The highest BCUT2D eigenvalue weighted by molar-refractivity contribution is 5.25. The minimum atomic E-state index is -4.31. The van der Waals surface area contributed by atoms with Crippen LogP contribution < -0.4 is 16.2 Å². The molecule has 0 saturated carbocycles. The second kappa shape index (κ2) is 6.96. The lowest BCUT2D eigenvalue weighted by Gasteiger charge is -2.17. The molecule has 0 amide bonds. The topological polar surface area (TPSA) is 49.2 Å². The molecule has 0 spiro atoms. The minimum absolute atomic E-state index is 0.0488. The molecule has 1 fully saturated rings. The van der Waals surface area contributed by atoms with Crippen molar-refractivity contribution in [2.24, 2.45) is 5.92 Å². The van der Waals surface area contributed by atoms with Gasteiger partial charge < -0.3 is 9.73 Å². The fraction of sp³-hybridized carbons (Fsp3) is 0.412. The molecule has 2 aromatic rings. The van der Waals surface area contributed by atoms with E-state index in [1.165, 1.54) is 12.1 Å². The lowest BCUT2D eigenvalue weighted by atomic mass is 10.00. The van der Waals surface area contributed by atoms with E-state index in [0.717, 1.165) is 24.1 Å². The number of furan rings is 1. The molecular formula is C17H20F3N3O. The van der Waals surface area contributed by atoms with E-state index in [1.807, 2.05) is 19.1 Å². The van der Waals surface area contributed by atoms with Crippen molar-refractivity contribution in [1.29, 1.82) is 0 Å². The molecule has 2 heterocycles. The predicted octanol–water partition coefficient (Wildman–Crippen LogP) is 3.16. The summed E-state index contributed by atoms with van der Waals surface area (Å²) in [7, 11) is 0. The van der Waals surface area contributed by atoms with Crippen LogP contribution in [0.1, 0.15) is 28.7 Å². The second-order valence-corrected chi connectivity index (χ2v) is 6.04. The number of aryl methyl sites for hydroxylation is 1. The Morgan fingerprint density at radius 3 is 2.79 bits per heavy atom. The van der Waals surface area contributed by atoms with Crippen LogP contribution in [0.2, 0.25) is 0 Å². The van der Waals surface area contributed by atoms with Gasteiger partial charge in [0.05, 0.1) is 11.6 Å². The third kappa shape index (κ3) is 3.98. The molecule has 1 aromatic heterocycles. The Kier molecular flexibility index (Phi) is 4.93. The number of nitrogens with one attached hydrogen (secondary N) is 3. The smallest absolute Gasteiger partial charge is 0.416 e. The van der Waals surface area contributed by atoms with Crippen molar-refractivity contribution in [3.05, 3.63) is 59.0 Å². The van der Waals surface area contributed by atoms with Gasteiger partial charge in [-0.3, -0.25) is 5.43 Å². The maximum atomic E-state index is 12.7. The van der Waals surface area contributed by atoms with Gasteiger partial charge in [-0.25, -0.2) is 5.43 Å². The summed E-state index contributed by atoms with van der Waals surface area (Å²) in [4.78, 5) is 0. The number of halogens is 3. The Labute approximate surface area is 138 Å². The molecule has 0 radical (unpaired) electrons. The van der Waals surface area contributed by atoms with Crippen LogP contribution in [0, 0.1) is 12.8 Å². The second-order valence-electron chi connectivity index (χ2n) is 6.04. The van der Waals surface area contributed by atoms with Crippen molar-refractivity contribution in [2.45, 2.75) is 25.7 Å². The van der Waals surface area contributed by atoms with E-state index in [0.29, 0.717) is 18.7 Å². The van der Waals surface area contributed by atoms with Gasteiger partial charge in [-0.15, -0.1) is 0 Å². The highest BCUT2D eigenvalue weighted by Crippen LogP contribution is 2.29. The number of hydrogen-bond acceptors (Lipinski definition) is 4. The van der Waals surface area contributed by atoms with Gasteiger partial charge in [-0.2, -0.15) is 13.2 Å². The van der Waals surface area contributed by atoms with Crippen LogP contribution in [0.15, 0.2) is 40.8 Å². The number of rotatable bonds is 5. The Hall–Kier alpha value is -1.83. The van der Waals surface area contributed by atoms with Gasteiger partial charge in [0.25, 0.3) is 0 Å². The summed E-state index contributed by atoms with van der Waals surface area (Å²) in [6, 6.07) is 9.32. The zero-order valence-electron chi connectivity index (χ0n) is 13.3. The molecule has 1 saturated heterocycles. The standard InChI is InChI=1S/C17H20F3N3O/c1-11-5-6-15(24-11)16-13(10-22-23-16)9-21-8-12-3-2-4-14(7-12)17(18,19)20/h2-7,13,16,21-23H,8-10H2,1H3. The number of alkyl halides is 3. The van der Waals surface area contributed by atoms with E-state index in [9.17, 15) is 13.2 Å². The van der Waals surface area contributed by atoms with Gasteiger partial charge in [-0.05, 0) is 30.7 Å². The first kappa shape index (κ1) is 17.0.